The van der Waals surface area contributed by atoms with Crippen LogP contribution in [0.25, 0.3) is 0 Å². The van der Waals surface area contributed by atoms with E-state index in [2.05, 4.69) is 16.5 Å². The maximum Gasteiger partial charge on any atom is 0.154 e. The zero-order valence-corrected chi connectivity index (χ0v) is 16.2. The molecule has 2 aliphatic rings. The Bertz CT molecular complexity index is 864. The average Bonchev–Trinajstić information content (AvgIpc) is 3.38. The van der Waals surface area contributed by atoms with Gasteiger partial charge in [0, 0.05) is 37.7 Å². The van der Waals surface area contributed by atoms with E-state index < -0.39 is 9.84 Å². The lowest BCUT2D eigenvalue weighted by Gasteiger charge is -2.12. The molecule has 1 aliphatic heterocycles. The number of sulfone groups is 1. The van der Waals surface area contributed by atoms with Crippen molar-refractivity contribution >= 4 is 9.84 Å². The van der Waals surface area contributed by atoms with Crippen molar-refractivity contribution in [3.05, 3.63) is 29.9 Å². The molecule has 0 aromatic carbocycles. The monoisotopic (exact) mass is 377 g/mol. The first-order valence-electron chi connectivity index (χ1n) is 9.71. The molecule has 0 bridgehead atoms. The number of aromatic nitrogens is 5. The maximum absolute atomic E-state index is 11.9. The quantitative estimate of drug-likeness (QED) is 0.771. The minimum atomic E-state index is -2.94. The third-order valence-corrected chi connectivity index (χ3v) is 7.44. The topological polar surface area (TPSA) is 82.7 Å². The summed E-state index contributed by atoms with van der Waals surface area (Å²) in [6.07, 6.45) is 10.9. The molecular formula is C18H27N5O2S. The van der Waals surface area contributed by atoms with Gasteiger partial charge in [-0.1, -0.05) is 19.8 Å². The largest absolute Gasteiger partial charge is 0.334 e. The average molecular weight is 378 g/mol. The van der Waals surface area contributed by atoms with Gasteiger partial charge in [-0.2, -0.15) is 5.10 Å². The van der Waals surface area contributed by atoms with Crippen LogP contribution < -0.4 is 0 Å². The maximum atomic E-state index is 11.9. The molecule has 2 fully saturated rings. The predicted octanol–water partition coefficient (Wildman–Crippen LogP) is 2.30. The SMILES string of the molecule is CCc1nccn1CCc1nc(C2CCCC2)nn1[C@@H]1CCS(=O)(=O)C1. The van der Waals surface area contributed by atoms with E-state index in [4.69, 9.17) is 10.1 Å². The fraction of sp³-hybridized carbons (Fsp3) is 0.722. The Morgan fingerprint density at radius 1 is 1.19 bits per heavy atom. The minimum absolute atomic E-state index is 0.0638. The Kier molecular flexibility index (Phi) is 4.86. The van der Waals surface area contributed by atoms with Gasteiger partial charge in [0.25, 0.3) is 0 Å². The normalized spacial score (nSPS) is 23.0. The molecule has 1 saturated heterocycles. The molecule has 2 aromatic heterocycles. The van der Waals surface area contributed by atoms with E-state index in [1.165, 1.54) is 12.8 Å². The van der Waals surface area contributed by atoms with E-state index in [-0.39, 0.29) is 17.5 Å². The summed E-state index contributed by atoms with van der Waals surface area (Å²) in [6, 6.07) is -0.0638. The third-order valence-electron chi connectivity index (χ3n) is 5.69. The predicted molar refractivity (Wildman–Crippen MR) is 98.8 cm³/mol. The lowest BCUT2D eigenvalue weighted by molar-refractivity contribution is 0.463. The van der Waals surface area contributed by atoms with Crippen molar-refractivity contribution in [1.82, 2.24) is 24.3 Å². The highest BCUT2D eigenvalue weighted by Crippen LogP contribution is 2.33. The van der Waals surface area contributed by atoms with Crippen LogP contribution in [0, 0.1) is 0 Å². The van der Waals surface area contributed by atoms with E-state index in [0.29, 0.717) is 12.3 Å². The molecule has 8 heteroatoms. The molecule has 2 aromatic rings. The van der Waals surface area contributed by atoms with Crippen LogP contribution in [0.2, 0.25) is 0 Å². The second-order valence-electron chi connectivity index (χ2n) is 7.51. The molecular weight excluding hydrogens is 350 g/mol. The number of hydrogen-bond donors (Lipinski definition) is 0. The molecule has 3 heterocycles. The first kappa shape index (κ1) is 17.7. The Hall–Kier alpha value is -1.70. The van der Waals surface area contributed by atoms with Gasteiger partial charge in [-0.05, 0) is 19.3 Å². The Balaban J connectivity index is 1.58. The van der Waals surface area contributed by atoms with Crippen LogP contribution in [0.4, 0.5) is 0 Å². The number of aryl methyl sites for hydroxylation is 3. The van der Waals surface area contributed by atoms with Crippen LogP contribution in [-0.2, 0) is 29.2 Å². The highest BCUT2D eigenvalue weighted by molar-refractivity contribution is 7.91. The van der Waals surface area contributed by atoms with Crippen LogP contribution in [0.3, 0.4) is 0 Å². The van der Waals surface area contributed by atoms with E-state index in [1.807, 2.05) is 17.1 Å². The standard InChI is InChI=1S/C18H27N5O2S/c1-2-16-19-9-11-22(16)10-7-17-20-18(14-5-3-4-6-14)21-23(17)15-8-12-26(24,25)13-15/h9,11,14-15H,2-8,10,12-13H2,1H3/t15-/m1/s1. The second-order valence-corrected chi connectivity index (χ2v) is 9.74. The first-order chi connectivity index (χ1) is 12.6. The van der Waals surface area contributed by atoms with Crippen molar-refractivity contribution in [2.75, 3.05) is 11.5 Å². The van der Waals surface area contributed by atoms with Gasteiger partial charge in [0.2, 0.25) is 0 Å². The van der Waals surface area contributed by atoms with Gasteiger partial charge >= 0.3 is 0 Å². The van der Waals surface area contributed by atoms with Gasteiger partial charge in [-0.15, -0.1) is 0 Å². The number of nitrogens with zero attached hydrogens (tertiary/aromatic N) is 5. The van der Waals surface area contributed by atoms with Gasteiger partial charge in [0.05, 0.1) is 17.5 Å². The van der Waals surface area contributed by atoms with Crippen molar-refractivity contribution in [1.29, 1.82) is 0 Å². The van der Waals surface area contributed by atoms with Gasteiger partial charge in [-0.3, -0.25) is 0 Å². The van der Waals surface area contributed by atoms with E-state index in [0.717, 1.165) is 49.7 Å². The minimum Gasteiger partial charge on any atom is -0.334 e. The lowest BCUT2D eigenvalue weighted by Crippen LogP contribution is -2.17. The van der Waals surface area contributed by atoms with E-state index in [1.54, 1.807) is 0 Å². The molecule has 26 heavy (non-hydrogen) atoms. The number of hydrogen-bond acceptors (Lipinski definition) is 5. The van der Waals surface area contributed by atoms with E-state index in [9.17, 15) is 8.42 Å². The van der Waals surface area contributed by atoms with Gasteiger partial charge < -0.3 is 4.57 Å². The molecule has 0 radical (unpaired) electrons. The Morgan fingerprint density at radius 3 is 2.69 bits per heavy atom. The molecule has 7 nitrogen and oxygen atoms in total. The first-order valence-corrected chi connectivity index (χ1v) is 11.5. The summed E-state index contributed by atoms with van der Waals surface area (Å²) >= 11 is 0. The fourth-order valence-corrected chi connectivity index (χ4v) is 5.93. The summed E-state index contributed by atoms with van der Waals surface area (Å²) in [5, 5.41) is 4.80. The van der Waals surface area contributed by atoms with Crippen molar-refractivity contribution < 1.29 is 8.42 Å². The molecule has 0 unspecified atom stereocenters. The van der Waals surface area contributed by atoms with Crippen LogP contribution in [0.15, 0.2) is 12.4 Å². The molecule has 4 rings (SSSR count). The molecule has 1 atom stereocenters. The summed E-state index contributed by atoms with van der Waals surface area (Å²) in [7, 11) is -2.94. The van der Waals surface area contributed by atoms with Crippen molar-refractivity contribution in [3.8, 4) is 0 Å². The van der Waals surface area contributed by atoms with Gasteiger partial charge in [0.1, 0.15) is 11.6 Å². The van der Waals surface area contributed by atoms with Crippen molar-refractivity contribution in [2.45, 2.75) is 70.4 Å². The van der Waals surface area contributed by atoms with Crippen molar-refractivity contribution in [3.63, 3.8) is 0 Å². The van der Waals surface area contributed by atoms with E-state index >= 15 is 0 Å². The molecule has 0 amide bonds. The zero-order valence-electron chi connectivity index (χ0n) is 15.3. The van der Waals surface area contributed by atoms with Crippen molar-refractivity contribution in [2.24, 2.45) is 0 Å². The Morgan fingerprint density at radius 2 is 2.00 bits per heavy atom. The third kappa shape index (κ3) is 3.56. The van der Waals surface area contributed by atoms with Crippen LogP contribution >= 0.6 is 0 Å². The molecule has 0 N–H and O–H groups in total. The highest BCUT2D eigenvalue weighted by atomic mass is 32.2. The zero-order chi connectivity index (χ0) is 18.1. The Labute approximate surface area is 154 Å². The van der Waals surface area contributed by atoms with Crippen LogP contribution in [0.1, 0.15) is 68.5 Å². The smallest absolute Gasteiger partial charge is 0.154 e. The summed E-state index contributed by atoms with van der Waals surface area (Å²) in [6.45, 7) is 2.90. The summed E-state index contributed by atoms with van der Waals surface area (Å²) in [4.78, 5) is 9.24. The van der Waals surface area contributed by atoms with Crippen LogP contribution in [0.5, 0.6) is 0 Å². The highest BCUT2D eigenvalue weighted by Gasteiger charge is 2.33. The molecule has 1 saturated carbocycles. The van der Waals surface area contributed by atoms with Crippen LogP contribution in [-0.4, -0.2) is 44.2 Å². The number of rotatable bonds is 6. The fourth-order valence-electron chi connectivity index (χ4n) is 4.24. The molecule has 142 valence electrons. The van der Waals surface area contributed by atoms with Gasteiger partial charge in [0.15, 0.2) is 15.7 Å². The lowest BCUT2D eigenvalue weighted by atomic mass is 10.1. The molecule has 1 aliphatic carbocycles. The molecule has 0 spiro atoms. The summed E-state index contributed by atoms with van der Waals surface area (Å²) < 4.78 is 28.0. The summed E-state index contributed by atoms with van der Waals surface area (Å²) in [5.41, 5.74) is 0. The number of imidazole rings is 1. The summed E-state index contributed by atoms with van der Waals surface area (Å²) in [5.74, 6) is 3.80. The van der Waals surface area contributed by atoms with Gasteiger partial charge in [-0.25, -0.2) is 23.1 Å². The second kappa shape index (κ2) is 7.13.